The quantitative estimate of drug-likeness (QED) is 0.360. The Morgan fingerprint density at radius 1 is 0.323 bits per heavy atom. The van der Waals surface area contributed by atoms with Crippen molar-refractivity contribution in [3.63, 3.8) is 0 Å². The first-order chi connectivity index (χ1) is 14.9. The first kappa shape index (κ1) is 24.1. The Hall–Kier alpha value is 0. The van der Waals surface area contributed by atoms with Gasteiger partial charge in [0.25, 0.3) is 0 Å². The van der Waals surface area contributed by atoms with Crippen molar-refractivity contribution in [3.8, 4) is 0 Å². The van der Waals surface area contributed by atoms with E-state index in [1.165, 1.54) is 35.5 Å². The van der Waals surface area contributed by atoms with Crippen molar-refractivity contribution in [2.75, 3.05) is 0 Å². The summed E-state index contributed by atoms with van der Waals surface area (Å²) in [5.74, 6) is 9.36. The fourth-order valence-electron chi connectivity index (χ4n) is 9.15. The molecule has 0 bridgehead atoms. The summed E-state index contributed by atoms with van der Waals surface area (Å²) in [4.78, 5) is 0. The Labute approximate surface area is 196 Å². The molecule has 0 radical (unpaired) electrons. The van der Waals surface area contributed by atoms with E-state index in [1.54, 1.807) is 116 Å². The van der Waals surface area contributed by atoms with Crippen molar-refractivity contribution in [2.45, 2.75) is 143 Å². The van der Waals surface area contributed by atoms with E-state index in [2.05, 4.69) is 27.7 Å². The molecule has 0 heteroatoms. The van der Waals surface area contributed by atoms with Gasteiger partial charge in [0, 0.05) is 0 Å². The lowest BCUT2D eigenvalue weighted by Crippen LogP contribution is -2.33. The summed E-state index contributed by atoms with van der Waals surface area (Å²) in [6.45, 7) is 8.75. The van der Waals surface area contributed by atoms with Gasteiger partial charge < -0.3 is 0 Å². The van der Waals surface area contributed by atoms with Crippen LogP contribution < -0.4 is 0 Å². The van der Waals surface area contributed by atoms with E-state index < -0.39 is 0 Å². The van der Waals surface area contributed by atoms with Gasteiger partial charge in [-0.15, -0.1) is 0 Å². The summed E-state index contributed by atoms with van der Waals surface area (Å²) in [5, 5.41) is 0. The lowest BCUT2D eigenvalue weighted by molar-refractivity contribution is 0.0729. The van der Waals surface area contributed by atoms with Crippen molar-refractivity contribution in [1.82, 2.24) is 0 Å². The van der Waals surface area contributed by atoms with Crippen LogP contribution in [0.15, 0.2) is 0 Å². The minimum absolute atomic E-state index is 0.500. The van der Waals surface area contributed by atoms with Crippen LogP contribution >= 0.6 is 0 Å². The molecule has 6 aliphatic carbocycles. The van der Waals surface area contributed by atoms with Gasteiger partial charge in [-0.2, -0.15) is 0 Å². The van der Waals surface area contributed by atoms with Gasteiger partial charge in [-0.3, -0.25) is 0 Å². The van der Waals surface area contributed by atoms with Gasteiger partial charge in [-0.05, 0) is 104 Å². The lowest BCUT2D eigenvalue weighted by atomic mass is 9.62. The van der Waals surface area contributed by atoms with Crippen LogP contribution in [0.3, 0.4) is 0 Å². The molecule has 6 fully saturated rings. The van der Waals surface area contributed by atoms with Crippen LogP contribution in [0.4, 0.5) is 0 Å². The zero-order chi connectivity index (χ0) is 21.8. The van der Waals surface area contributed by atoms with E-state index >= 15 is 0 Å². The van der Waals surface area contributed by atoms with E-state index in [1.807, 2.05) is 0 Å². The monoisotopic (exact) mass is 428 g/mol. The van der Waals surface area contributed by atoms with Crippen LogP contribution in [0.1, 0.15) is 143 Å². The highest BCUT2D eigenvalue weighted by atomic mass is 14.5. The highest BCUT2D eigenvalue weighted by Crippen LogP contribution is 2.53. The topological polar surface area (TPSA) is 0 Å². The fraction of sp³-hybridized carbons (Fsp3) is 1.00. The second-order valence-electron chi connectivity index (χ2n) is 14.3. The Bertz CT molecular complexity index is 479. The van der Waals surface area contributed by atoms with Gasteiger partial charge in [0.1, 0.15) is 0 Å². The maximum atomic E-state index is 2.19. The van der Waals surface area contributed by atoms with E-state index in [0.717, 1.165) is 11.8 Å². The molecule has 31 heavy (non-hydrogen) atoms. The van der Waals surface area contributed by atoms with Gasteiger partial charge in [-0.1, -0.05) is 91.9 Å². The summed E-state index contributed by atoms with van der Waals surface area (Å²) in [6.07, 6.45) is 28.3. The van der Waals surface area contributed by atoms with Crippen molar-refractivity contribution in [2.24, 2.45) is 52.8 Å². The smallest absolute Gasteiger partial charge is 0.0355 e. The maximum absolute atomic E-state index is 2.19. The van der Waals surface area contributed by atoms with Crippen LogP contribution in [-0.2, 0) is 0 Å². The van der Waals surface area contributed by atoms with Crippen molar-refractivity contribution >= 4 is 0 Å². The minimum Gasteiger partial charge on any atom is -0.0604 e. The second kappa shape index (κ2) is 11.0. The van der Waals surface area contributed by atoms with Crippen LogP contribution in [0.5, 0.6) is 0 Å². The molecule has 0 amide bonds. The average Bonchev–Trinajstić information content (AvgIpc) is 3.42. The normalized spacial score (nSPS) is 43.7. The molecule has 6 saturated carbocycles. The molecule has 0 saturated heterocycles. The first-order valence-corrected chi connectivity index (χ1v) is 14.9. The second-order valence-corrected chi connectivity index (χ2v) is 14.3. The third-order valence-electron chi connectivity index (χ3n) is 10.3. The Morgan fingerprint density at radius 2 is 0.548 bits per heavy atom. The molecule has 8 unspecified atom stereocenters. The van der Waals surface area contributed by atoms with Crippen LogP contribution in [0.2, 0.25) is 0 Å². The summed E-state index contributed by atoms with van der Waals surface area (Å²) in [5.41, 5.74) is 0.500. The lowest BCUT2D eigenvalue weighted by Gasteiger charge is -2.43. The van der Waals surface area contributed by atoms with Gasteiger partial charge in [0.05, 0.1) is 0 Å². The summed E-state index contributed by atoms with van der Waals surface area (Å²) < 4.78 is 0. The molecule has 0 aromatic carbocycles. The van der Waals surface area contributed by atoms with E-state index in [-0.39, 0.29) is 0 Å². The predicted octanol–water partition coefficient (Wildman–Crippen LogP) is 10.1. The molecule has 180 valence electrons. The largest absolute Gasteiger partial charge is 0.0604 e. The molecule has 0 aromatic heterocycles. The van der Waals surface area contributed by atoms with Crippen LogP contribution in [0.25, 0.3) is 0 Å². The summed E-state index contributed by atoms with van der Waals surface area (Å²) >= 11 is 0. The molecule has 6 aliphatic rings. The molecule has 0 aliphatic heterocycles. The highest BCUT2D eigenvalue weighted by Gasteiger charge is 2.43. The third kappa shape index (κ3) is 6.53. The Kier molecular flexibility index (Phi) is 8.53. The summed E-state index contributed by atoms with van der Waals surface area (Å²) in [7, 11) is 0. The molecular weight excluding hydrogens is 372 g/mol. The molecule has 8 atom stereocenters. The molecule has 0 spiro atoms. The first-order valence-electron chi connectivity index (χ1n) is 14.9. The molecular formula is C31H56. The predicted molar refractivity (Wildman–Crippen MR) is 136 cm³/mol. The summed E-state index contributed by atoms with van der Waals surface area (Å²) in [6, 6.07) is 0. The van der Waals surface area contributed by atoms with Crippen molar-refractivity contribution in [1.29, 1.82) is 0 Å². The fourth-order valence-corrected chi connectivity index (χ4v) is 9.15. The highest BCUT2D eigenvalue weighted by molar-refractivity contribution is 4.93. The Morgan fingerprint density at radius 3 is 0.871 bits per heavy atom. The maximum Gasteiger partial charge on any atom is -0.0355 e. The minimum atomic E-state index is 0.500. The molecule has 0 aromatic rings. The van der Waals surface area contributed by atoms with Gasteiger partial charge in [-0.25, -0.2) is 0 Å². The van der Waals surface area contributed by atoms with Gasteiger partial charge in [0.2, 0.25) is 0 Å². The Balaban J connectivity index is 0.000000124. The SMILES string of the molecule is C1CCC2C(C1)CCC1CCCC12.C1CCC2C(C1)CCC1CCCC12.CC(C)(C)C. The van der Waals surface area contributed by atoms with Gasteiger partial charge >= 0.3 is 0 Å². The van der Waals surface area contributed by atoms with E-state index in [4.69, 9.17) is 0 Å². The number of hydrogen-bond acceptors (Lipinski definition) is 0. The third-order valence-corrected chi connectivity index (χ3v) is 10.3. The number of hydrogen-bond donors (Lipinski definition) is 0. The zero-order valence-electron chi connectivity index (χ0n) is 21.8. The van der Waals surface area contributed by atoms with Crippen LogP contribution in [-0.4, -0.2) is 0 Å². The standard InChI is InChI=1S/2C13H22.C5H12/c2*1-2-6-12-10(4-1)8-9-11-5-3-7-13(11)12;1-5(2,3)4/h2*10-13H,1-9H2;1-4H3. The van der Waals surface area contributed by atoms with Gasteiger partial charge in [0.15, 0.2) is 0 Å². The van der Waals surface area contributed by atoms with Crippen LogP contribution in [0, 0.1) is 52.8 Å². The van der Waals surface area contributed by atoms with Crippen molar-refractivity contribution in [3.05, 3.63) is 0 Å². The number of rotatable bonds is 0. The van der Waals surface area contributed by atoms with Crippen molar-refractivity contribution < 1.29 is 0 Å². The molecule has 6 rings (SSSR count). The zero-order valence-corrected chi connectivity index (χ0v) is 21.8. The van der Waals surface area contributed by atoms with E-state index in [9.17, 15) is 0 Å². The molecule has 0 N–H and O–H groups in total. The molecule has 0 nitrogen and oxygen atoms in total. The number of fused-ring (bicyclic) bond motifs is 6. The van der Waals surface area contributed by atoms with E-state index in [0.29, 0.717) is 5.41 Å². The average molecular weight is 429 g/mol. The molecule has 0 heterocycles.